The molecule has 110 valence electrons. The molecule has 1 aromatic carbocycles. The van der Waals surface area contributed by atoms with Crippen LogP contribution in [0.1, 0.15) is 18.0 Å². The lowest BCUT2D eigenvalue weighted by molar-refractivity contribution is -0.159. The molecule has 5 nitrogen and oxygen atoms in total. The third-order valence-corrected chi connectivity index (χ3v) is 4.12. The van der Waals surface area contributed by atoms with Crippen LogP contribution in [0, 0.1) is 0 Å². The van der Waals surface area contributed by atoms with Crippen molar-refractivity contribution in [2.45, 2.75) is 24.6 Å². The molecule has 2 saturated heterocycles. The Kier molecular flexibility index (Phi) is 3.51. The molecule has 2 aliphatic heterocycles. The molecular weight excluding hydrogens is 268 g/mol. The number of fused-ring (bicyclic) bond motifs is 1. The summed E-state index contributed by atoms with van der Waals surface area (Å²) >= 11 is 0. The molecule has 3 rings (SSSR count). The van der Waals surface area contributed by atoms with E-state index in [-0.39, 0.29) is 18.4 Å². The standard InChI is InChI=1S/C16H18N2O3/c1-2-8-17-14(11-6-4-3-5-7-11)16(21)18-10-12(19)9-13(18)15(17)20/h2-7,12-14,19H,1,8-10H2/t12-,13?,14+/m1/s1. The highest BCUT2D eigenvalue weighted by atomic mass is 16.3. The molecule has 2 heterocycles. The van der Waals surface area contributed by atoms with Gasteiger partial charge in [-0.1, -0.05) is 36.4 Å². The first-order valence-corrected chi connectivity index (χ1v) is 7.08. The van der Waals surface area contributed by atoms with Crippen LogP contribution >= 0.6 is 0 Å². The molecule has 21 heavy (non-hydrogen) atoms. The van der Waals surface area contributed by atoms with Gasteiger partial charge in [-0.15, -0.1) is 6.58 Å². The number of nitrogens with zero attached hydrogens (tertiary/aromatic N) is 2. The number of hydrogen-bond donors (Lipinski definition) is 1. The van der Waals surface area contributed by atoms with Crippen LogP contribution in [0.2, 0.25) is 0 Å². The van der Waals surface area contributed by atoms with Crippen LogP contribution < -0.4 is 0 Å². The number of hydrogen-bond acceptors (Lipinski definition) is 3. The van der Waals surface area contributed by atoms with Crippen LogP contribution in [0.15, 0.2) is 43.0 Å². The normalized spacial score (nSPS) is 28.7. The van der Waals surface area contributed by atoms with Crippen LogP contribution in [0.25, 0.3) is 0 Å². The molecule has 3 atom stereocenters. The second-order valence-electron chi connectivity index (χ2n) is 5.49. The van der Waals surface area contributed by atoms with Gasteiger partial charge in [0.2, 0.25) is 5.91 Å². The van der Waals surface area contributed by atoms with Crippen molar-refractivity contribution in [3.63, 3.8) is 0 Å². The summed E-state index contributed by atoms with van der Waals surface area (Å²) in [5, 5.41) is 9.78. The third-order valence-electron chi connectivity index (χ3n) is 4.12. The van der Waals surface area contributed by atoms with E-state index in [2.05, 4.69) is 6.58 Å². The van der Waals surface area contributed by atoms with E-state index >= 15 is 0 Å². The van der Waals surface area contributed by atoms with E-state index in [0.717, 1.165) is 5.56 Å². The van der Waals surface area contributed by atoms with E-state index in [1.54, 1.807) is 11.0 Å². The largest absolute Gasteiger partial charge is 0.391 e. The van der Waals surface area contributed by atoms with Crippen molar-refractivity contribution in [2.24, 2.45) is 0 Å². The minimum atomic E-state index is -0.627. The van der Waals surface area contributed by atoms with Gasteiger partial charge in [0, 0.05) is 19.5 Å². The number of aliphatic hydroxyl groups is 1. The molecule has 1 unspecified atom stereocenters. The molecule has 0 bridgehead atoms. The zero-order chi connectivity index (χ0) is 15.0. The number of aliphatic hydroxyl groups excluding tert-OH is 1. The van der Waals surface area contributed by atoms with Gasteiger partial charge < -0.3 is 14.9 Å². The molecular formula is C16H18N2O3. The first-order chi connectivity index (χ1) is 10.1. The summed E-state index contributed by atoms with van der Waals surface area (Å²) in [7, 11) is 0. The van der Waals surface area contributed by atoms with Crippen LogP contribution in [-0.4, -0.2) is 52.0 Å². The fourth-order valence-corrected chi connectivity index (χ4v) is 3.19. The van der Waals surface area contributed by atoms with Gasteiger partial charge in [0.05, 0.1) is 6.10 Å². The Morgan fingerprint density at radius 2 is 1.95 bits per heavy atom. The summed E-state index contributed by atoms with van der Waals surface area (Å²) in [5.41, 5.74) is 0.789. The van der Waals surface area contributed by atoms with Crippen LogP contribution in [0.3, 0.4) is 0 Å². The van der Waals surface area contributed by atoms with Crippen molar-refractivity contribution in [3.05, 3.63) is 48.6 Å². The van der Waals surface area contributed by atoms with Crippen molar-refractivity contribution in [1.29, 1.82) is 0 Å². The first-order valence-electron chi connectivity index (χ1n) is 7.08. The van der Waals surface area contributed by atoms with E-state index in [1.807, 2.05) is 30.3 Å². The predicted octanol–water partition coefficient (Wildman–Crippen LogP) is 0.718. The van der Waals surface area contributed by atoms with E-state index in [0.29, 0.717) is 13.0 Å². The van der Waals surface area contributed by atoms with Gasteiger partial charge in [-0.2, -0.15) is 0 Å². The molecule has 1 aromatic rings. The fraction of sp³-hybridized carbons (Fsp3) is 0.375. The second-order valence-corrected chi connectivity index (χ2v) is 5.49. The molecule has 1 N–H and O–H groups in total. The summed E-state index contributed by atoms with van der Waals surface area (Å²) in [6, 6.07) is 8.11. The highest BCUT2D eigenvalue weighted by Gasteiger charge is 2.50. The number of carbonyl (C=O) groups excluding carboxylic acids is 2. The van der Waals surface area contributed by atoms with Gasteiger partial charge in [0.25, 0.3) is 5.91 Å². The van der Waals surface area contributed by atoms with Gasteiger partial charge in [0.1, 0.15) is 12.1 Å². The van der Waals surface area contributed by atoms with E-state index in [4.69, 9.17) is 0 Å². The summed E-state index contributed by atoms with van der Waals surface area (Å²) in [6.07, 6.45) is 1.32. The van der Waals surface area contributed by atoms with Crippen molar-refractivity contribution in [2.75, 3.05) is 13.1 Å². The highest BCUT2D eigenvalue weighted by molar-refractivity contribution is 5.98. The molecule has 0 aliphatic carbocycles. The summed E-state index contributed by atoms with van der Waals surface area (Å²) in [4.78, 5) is 28.5. The zero-order valence-electron chi connectivity index (χ0n) is 11.7. The highest BCUT2D eigenvalue weighted by Crippen LogP contribution is 2.34. The van der Waals surface area contributed by atoms with Gasteiger partial charge in [-0.3, -0.25) is 9.59 Å². The monoisotopic (exact) mass is 286 g/mol. The fourth-order valence-electron chi connectivity index (χ4n) is 3.19. The maximum atomic E-state index is 12.8. The van der Waals surface area contributed by atoms with Gasteiger partial charge in [-0.05, 0) is 5.56 Å². The van der Waals surface area contributed by atoms with Crippen molar-refractivity contribution >= 4 is 11.8 Å². The van der Waals surface area contributed by atoms with E-state index in [9.17, 15) is 14.7 Å². The molecule has 2 aliphatic rings. The molecule has 0 radical (unpaired) electrons. The topological polar surface area (TPSA) is 60.9 Å². The smallest absolute Gasteiger partial charge is 0.250 e. The summed E-state index contributed by atoms with van der Waals surface area (Å²) in [6.45, 7) is 4.24. The number of rotatable bonds is 3. The number of benzene rings is 1. The number of piperazine rings is 1. The van der Waals surface area contributed by atoms with Crippen LogP contribution in [0.5, 0.6) is 0 Å². The van der Waals surface area contributed by atoms with Crippen LogP contribution in [-0.2, 0) is 9.59 Å². The van der Waals surface area contributed by atoms with Crippen molar-refractivity contribution in [1.82, 2.24) is 9.80 Å². The number of amides is 2. The molecule has 0 aromatic heterocycles. The van der Waals surface area contributed by atoms with E-state index in [1.165, 1.54) is 4.90 Å². The Morgan fingerprint density at radius 3 is 2.62 bits per heavy atom. The van der Waals surface area contributed by atoms with E-state index < -0.39 is 18.2 Å². The van der Waals surface area contributed by atoms with Crippen molar-refractivity contribution < 1.29 is 14.7 Å². The first kappa shape index (κ1) is 13.8. The summed E-state index contributed by atoms with van der Waals surface area (Å²) < 4.78 is 0. The maximum absolute atomic E-state index is 12.8. The Bertz CT molecular complexity index is 572. The molecule has 2 fully saturated rings. The average Bonchev–Trinajstić information content (AvgIpc) is 2.88. The Balaban J connectivity index is 2.01. The average molecular weight is 286 g/mol. The lowest BCUT2D eigenvalue weighted by atomic mass is 9.98. The third kappa shape index (κ3) is 2.23. The quantitative estimate of drug-likeness (QED) is 0.833. The Hall–Kier alpha value is -2.14. The minimum Gasteiger partial charge on any atom is -0.391 e. The predicted molar refractivity (Wildman–Crippen MR) is 77.2 cm³/mol. The summed E-state index contributed by atoms with van der Waals surface area (Å²) in [5.74, 6) is -0.232. The Morgan fingerprint density at radius 1 is 1.24 bits per heavy atom. The molecule has 0 saturated carbocycles. The second kappa shape index (κ2) is 5.33. The van der Waals surface area contributed by atoms with Crippen molar-refractivity contribution in [3.8, 4) is 0 Å². The van der Waals surface area contributed by atoms with Gasteiger partial charge >= 0.3 is 0 Å². The molecule has 0 spiro atoms. The van der Waals surface area contributed by atoms with Crippen LogP contribution in [0.4, 0.5) is 0 Å². The lowest BCUT2D eigenvalue weighted by Crippen LogP contribution is -2.58. The molecule has 5 heteroatoms. The lowest BCUT2D eigenvalue weighted by Gasteiger charge is -2.41. The maximum Gasteiger partial charge on any atom is 0.250 e. The van der Waals surface area contributed by atoms with Gasteiger partial charge in [-0.25, -0.2) is 0 Å². The Labute approximate surface area is 123 Å². The molecule has 2 amide bonds. The zero-order valence-corrected chi connectivity index (χ0v) is 11.7. The SMILES string of the molecule is C=CCN1C(=O)C2C[C@@H](O)CN2C(=O)[C@@H]1c1ccccc1. The minimum absolute atomic E-state index is 0.111. The van der Waals surface area contributed by atoms with Gasteiger partial charge in [0.15, 0.2) is 0 Å². The number of carbonyl (C=O) groups is 2.